The summed E-state index contributed by atoms with van der Waals surface area (Å²) in [7, 11) is 1.65. The third kappa shape index (κ3) is 3.87. The highest BCUT2D eigenvalue weighted by molar-refractivity contribution is 7.22. The largest absolute Gasteiger partial charge is 0.497 e. The van der Waals surface area contributed by atoms with E-state index in [1.807, 2.05) is 23.1 Å². The van der Waals surface area contributed by atoms with E-state index in [1.54, 1.807) is 18.4 Å². The number of benzene rings is 1. The van der Waals surface area contributed by atoms with Gasteiger partial charge in [0.05, 0.1) is 30.0 Å². The zero-order valence-corrected chi connectivity index (χ0v) is 15.1. The lowest BCUT2D eigenvalue weighted by atomic mass is 10.2. The van der Waals surface area contributed by atoms with Crippen molar-refractivity contribution in [3.8, 4) is 5.75 Å². The minimum Gasteiger partial charge on any atom is -0.497 e. The molecular weight excluding hydrogens is 324 g/mol. The van der Waals surface area contributed by atoms with Crippen LogP contribution in [0.1, 0.15) is 39.0 Å². The first-order valence-electron chi connectivity index (χ1n) is 8.57. The Hall–Kier alpha value is -1.66. The summed E-state index contributed by atoms with van der Waals surface area (Å²) in [6, 6.07) is 5.83. The fourth-order valence-corrected chi connectivity index (χ4v) is 3.85. The van der Waals surface area contributed by atoms with Crippen LogP contribution in [0.4, 0.5) is 5.13 Å². The number of hydrogen-bond acceptors (Lipinski definition) is 5. The second kappa shape index (κ2) is 7.94. The number of amides is 1. The molecule has 0 spiro atoms. The number of hydrogen-bond donors (Lipinski definition) is 0. The van der Waals surface area contributed by atoms with E-state index < -0.39 is 0 Å². The smallest absolute Gasteiger partial charge is 0.228 e. The van der Waals surface area contributed by atoms with Crippen LogP contribution in [-0.2, 0) is 9.53 Å². The van der Waals surface area contributed by atoms with E-state index in [0.29, 0.717) is 13.0 Å². The lowest BCUT2D eigenvalue weighted by Crippen LogP contribution is -2.37. The monoisotopic (exact) mass is 348 g/mol. The molecule has 3 rings (SSSR count). The fraction of sp³-hybridized carbons (Fsp3) is 0.556. The van der Waals surface area contributed by atoms with Crippen molar-refractivity contribution >= 4 is 32.6 Å². The van der Waals surface area contributed by atoms with Gasteiger partial charge in [-0.1, -0.05) is 24.7 Å². The van der Waals surface area contributed by atoms with Gasteiger partial charge in [0, 0.05) is 19.1 Å². The number of ether oxygens (including phenoxy) is 2. The topological polar surface area (TPSA) is 51.7 Å². The number of thiazole rings is 1. The quantitative estimate of drug-likeness (QED) is 0.759. The molecule has 1 aliphatic heterocycles. The highest BCUT2D eigenvalue weighted by Gasteiger charge is 2.25. The molecule has 1 aromatic carbocycles. The molecule has 1 unspecified atom stereocenters. The van der Waals surface area contributed by atoms with E-state index in [-0.39, 0.29) is 12.0 Å². The Kier molecular flexibility index (Phi) is 5.68. The molecule has 1 atom stereocenters. The van der Waals surface area contributed by atoms with Gasteiger partial charge in [0.25, 0.3) is 0 Å². The molecule has 0 N–H and O–H groups in total. The van der Waals surface area contributed by atoms with Gasteiger partial charge in [-0.25, -0.2) is 4.98 Å². The number of aromatic nitrogens is 1. The molecule has 2 aromatic rings. The summed E-state index contributed by atoms with van der Waals surface area (Å²) in [5, 5.41) is 0.759. The molecular formula is C18H24N2O3S. The van der Waals surface area contributed by atoms with Gasteiger partial charge in [0.2, 0.25) is 5.91 Å². The van der Waals surface area contributed by atoms with Gasteiger partial charge in [-0.15, -0.1) is 0 Å². The molecule has 0 aliphatic carbocycles. The van der Waals surface area contributed by atoms with E-state index in [2.05, 4.69) is 11.9 Å². The predicted octanol–water partition coefficient (Wildman–Crippen LogP) is 4.01. The highest BCUT2D eigenvalue weighted by Crippen LogP contribution is 2.32. The number of unbranched alkanes of at least 4 members (excludes halogenated alkanes) is 1. The van der Waals surface area contributed by atoms with E-state index in [1.165, 1.54) is 0 Å². The van der Waals surface area contributed by atoms with Crippen LogP contribution in [0, 0.1) is 0 Å². The van der Waals surface area contributed by atoms with Crippen molar-refractivity contribution in [3.05, 3.63) is 18.2 Å². The van der Waals surface area contributed by atoms with E-state index in [0.717, 1.165) is 53.4 Å². The van der Waals surface area contributed by atoms with Crippen LogP contribution in [0.5, 0.6) is 5.75 Å². The van der Waals surface area contributed by atoms with Crippen molar-refractivity contribution in [2.45, 2.75) is 45.1 Å². The molecule has 1 saturated heterocycles. The predicted molar refractivity (Wildman–Crippen MR) is 97.0 cm³/mol. The van der Waals surface area contributed by atoms with Gasteiger partial charge in [0.1, 0.15) is 5.75 Å². The summed E-state index contributed by atoms with van der Waals surface area (Å²) in [5.41, 5.74) is 0.870. The van der Waals surface area contributed by atoms with E-state index >= 15 is 0 Å². The van der Waals surface area contributed by atoms with Crippen LogP contribution < -0.4 is 9.64 Å². The Morgan fingerprint density at radius 2 is 2.38 bits per heavy atom. The van der Waals surface area contributed by atoms with Gasteiger partial charge in [0.15, 0.2) is 5.13 Å². The Bertz CT molecular complexity index is 695. The number of carbonyl (C=O) groups excluding carboxylic acids is 1. The molecule has 1 amide bonds. The summed E-state index contributed by atoms with van der Waals surface area (Å²) < 4.78 is 12.1. The van der Waals surface area contributed by atoms with Crippen LogP contribution in [0.25, 0.3) is 10.2 Å². The van der Waals surface area contributed by atoms with Crippen LogP contribution >= 0.6 is 11.3 Å². The Morgan fingerprint density at radius 1 is 1.50 bits per heavy atom. The summed E-state index contributed by atoms with van der Waals surface area (Å²) in [5.74, 6) is 0.917. The number of nitrogens with zero attached hydrogens (tertiary/aromatic N) is 2. The third-order valence-electron chi connectivity index (χ3n) is 4.27. The number of fused-ring (bicyclic) bond motifs is 1. The lowest BCUT2D eigenvalue weighted by molar-refractivity contribution is -0.119. The molecule has 0 radical (unpaired) electrons. The summed E-state index contributed by atoms with van der Waals surface area (Å²) >= 11 is 1.55. The number of carbonyl (C=O) groups is 1. The molecule has 5 nitrogen and oxygen atoms in total. The average molecular weight is 348 g/mol. The Labute approximate surface area is 146 Å². The van der Waals surface area contributed by atoms with Crippen molar-refractivity contribution in [3.63, 3.8) is 0 Å². The molecule has 24 heavy (non-hydrogen) atoms. The second-order valence-electron chi connectivity index (χ2n) is 6.07. The minimum atomic E-state index is 0.122. The second-order valence-corrected chi connectivity index (χ2v) is 7.08. The van der Waals surface area contributed by atoms with Crippen molar-refractivity contribution in [1.29, 1.82) is 0 Å². The molecule has 0 bridgehead atoms. The molecule has 2 heterocycles. The molecule has 0 saturated carbocycles. The molecule has 1 aromatic heterocycles. The van der Waals surface area contributed by atoms with Gasteiger partial charge < -0.3 is 9.47 Å². The Balaban J connectivity index is 1.86. The van der Waals surface area contributed by atoms with Crippen molar-refractivity contribution in [2.24, 2.45) is 0 Å². The van der Waals surface area contributed by atoms with Crippen LogP contribution in [0.3, 0.4) is 0 Å². The van der Waals surface area contributed by atoms with Gasteiger partial charge >= 0.3 is 0 Å². The maximum atomic E-state index is 12.7. The molecule has 6 heteroatoms. The van der Waals surface area contributed by atoms with Gasteiger partial charge in [-0.05, 0) is 31.4 Å². The fourth-order valence-electron chi connectivity index (χ4n) is 2.88. The minimum absolute atomic E-state index is 0.122. The molecule has 1 aliphatic rings. The molecule has 130 valence electrons. The first-order valence-corrected chi connectivity index (χ1v) is 9.39. The van der Waals surface area contributed by atoms with Crippen LogP contribution in [0.15, 0.2) is 18.2 Å². The third-order valence-corrected chi connectivity index (χ3v) is 5.33. The first kappa shape index (κ1) is 17.2. The number of anilines is 1. The van der Waals surface area contributed by atoms with Crippen LogP contribution in [0.2, 0.25) is 0 Å². The maximum Gasteiger partial charge on any atom is 0.228 e. The molecule has 1 fully saturated rings. The lowest BCUT2D eigenvalue weighted by Gasteiger charge is -2.23. The van der Waals surface area contributed by atoms with Crippen molar-refractivity contribution in [1.82, 2.24) is 4.98 Å². The summed E-state index contributed by atoms with van der Waals surface area (Å²) in [6.07, 6.45) is 4.67. The summed E-state index contributed by atoms with van der Waals surface area (Å²) in [4.78, 5) is 19.2. The zero-order valence-electron chi connectivity index (χ0n) is 14.3. The SMILES string of the molecule is CCCCC(=O)N(CC1CCCO1)c1nc2cc(OC)ccc2s1. The summed E-state index contributed by atoms with van der Waals surface area (Å²) in [6.45, 7) is 3.49. The van der Waals surface area contributed by atoms with Crippen LogP contribution in [-0.4, -0.2) is 37.3 Å². The average Bonchev–Trinajstić information content (AvgIpc) is 3.25. The Morgan fingerprint density at radius 3 is 3.08 bits per heavy atom. The number of rotatable bonds is 7. The van der Waals surface area contributed by atoms with E-state index in [4.69, 9.17) is 9.47 Å². The standard InChI is InChI=1S/C18H24N2O3S/c1-3-4-7-17(21)20(12-14-6-5-10-23-14)18-19-15-11-13(22-2)8-9-16(15)24-18/h8-9,11,14H,3-7,10,12H2,1-2H3. The maximum absolute atomic E-state index is 12.7. The first-order chi connectivity index (χ1) is 11.7. The van der Waals surface area contributed by atoms with Crippen molar-refractivity contribution < 1.29 is 14.3 Å². The normalized spacial score (nSPS) is 17.3. The van der Waals surface area contributed by atoms with Gasteiger partial charge in [-0.3, -0.25) is 9.69 Å². The van der Waals surface area contributed by atoms with Gasteiger partial charge in [-0.2, -0.15) is 0 Å². The highest BCUT2D eigenvalue weighted by atomic mass is 32.1. The van der Waals surface area contributed by atoms with Crippen molar-refractivity contribution in [2.75, 3.05) is 25.2 Å². The zero-order chi connectivity index (χ0) is 16.9. The number of methoxy groups -OCH3 is 1. The van der Waals surface area contributed by atoms with E-state index in [9.17, 15) is 4.79 Å².